The quantitative estimate of drug-likeness (QED) is 0.365. The summed E-state index contributed by atoms with van der Waals surface area (Å²) in [6, 6.07) is 11.8. The van der Waals surface area contributed by atoms with Gasteiger partial charge in [-0.3, -0.25) is 9.69 Å². The maximum Gasteiger partial charge on any atom is 0.251 e. The summed E-state index contributed by atoms with van der Waals surface area (Å²) in [5.74, 6) is 1.86. The average molecular weight is 615 g/mol. The van der Waals surface area contributed by atoms with Crippen molar-refractivity contribution in [3.63, 3.8) is 0 Å². The first-order valence-corrected chi connectivity index (χ1v) is 15.3. The van der Waals surface area contributed by atoms with Gasteiger partial charge in [0.2, 0.25) is 5.95 Å². The minimum absolute atomic E-state index is 0.126. The Balaban J connectivity index is 1.10. The number of aliphatic hydroxyl groups excluding tert-OH is 1. The minimum Gasteiger partial charge on any atom is -0.494 e. The third kappa shape index (κ3) is 6.93. The Morgan fingerprint density at radius 3 is 2.53 bits per heavy atom. The number of methoxy groups -OCH3 is 1. The molecule has 0 unspecified atom stereocenters. The molecule has 1 atom stereocenters. The average Bonchev–Trinajstić information content (AvgIpc) is 3.04. The number of likely N-dealkylation sites (tertiary alicyclic amines) is 1. The van der Waals surface area contributed by atoms with Crippen LogP contribution in [-0.2, 0) is 9.53 Å². The number of aromatic nitrogens is 3. The fourth-order valence-electron chi connectivity index (χ4n) is 5.87. The summed E-state index contributed by atoms with van der Waals surface area (Å²) in [6.07, 6.45) is 3.58. The summed E-state index contributed by atoms with van der Waals surface area (Å²) in [7, 11) is 1.66. The van der Waals surface area contributed by atoms with E-state index >= 15 is 0 Å². The lowest BCUT2D eigenvalue weighted by molar-refractivity contribution is -0.141. The number of hydrogen-bond acceptors (Lipinski definition) is 12. The van der Waals surface area contributed by atoms with Crippen LogP contribution in [0.15, 0.2) is 42.7 Å². The maximum absolute atomic E-state index is 12.1. The zero-order valence-electron chi connectivity index (χ0n) is 25.6. The molecule has 0 bridgehead atoms. The number of nitrogens with one attached hydrogen (secondary N) is 1. The van der Waals surface area contributed by atoms with Gasteiger partial charge in [0.15, 0.2) is 0 Å². The number of carbonyl (C=O) groups excluding carboxylic acids is 1. The molecule has 3 aliphatic rings. The Kier molecular flexibility index (Phi) is 9.25. The highest BCUT2D eigenvalue weighted by Gasteiger charge is 2.30. The molecule has 0 saturated carbocycles. The van der Waals surface area contributed by atoms with E-state index in [2.05, 4.69) is 36.1 Å². The lowest BCUT2D eigenvalue weighted by Gasteiger charge is -2.43. The molecule has 2 aromatic heterocycles. The van der Waals surface area contributed by atoms with Crippen LogP contribution >= 0.6 is 0 Å². The second kappa shape index (κ2) is 13.6. The van der Waals surface area contributed by atoms with E-state index < -0.39 is 6.10 Å². The molecule has 2 N–H and O–H groups in total. The number of amides is 1. The van der Waals surface area contributed by atoms with E-state index in [4.69, 9.17) is 14.2 Å². The van der Waals surface area contributed by atoms with Crippen molar-refractivity contribution in [3.05, 3.63) is 48.3 Å². The third-order valence-corrected chi connectivity index (χ3v) is 8.55. The Labute approximate surface area is 262 Å². The van der Waals surface area contributed by atoms with Crippen LogP contribution in [0.1, 0.15) is 25.3 Å². The number of carbonyl (C=O) groups is 1. The van der Waals surface area contributed by atoms with Crippen molar-refractivity contribution in [2.75, 3.05) is 69.8 Å². The number of piperidine rings is 1. The van der Waals surface area contributed by atoms with Crippen molar-refractivity contribution in [1.29, 1.82) is 5.26 Å². The van der Waals surface area contributed by atoms with Crippen LogP contribution in [-0.4, -0.2) is 114 Å². The van der Waals surface area contributed by atoms with Crippen LogP contribution in [0.25, 0.3) is 11.3 Å². The first kappa shape index (κ1) is 30.5. The van der Waals surface area contributed by atoms with Gasteiger partial charge in [0.05, 0.1) is 49.5 Å². The zero-order valence-corrected chi connectivity index (χ0v) is 25.6. The van der Waals surface area contributed by atoms with Gasteiger partial charge in [0, 0.05) is 69.9 Å². The van der Waals surface area contributed by atoms with Crippen molar-refractivity contribution in [3.8, 4) is 28.8 Å². The number of benzene rings is 1. The van der Waals surface area contributed by atoms with E-state index in [1.165, 1.54) is 6.92 Å². The molecule has 0 spiro atoms. The molecular weight excluding hydrogens is 576 g/mol. The summed E-state index contributed by atoms with van der Waals surface area (Å²) in [5.41, 5.74) is 2.73. The lowest BCUT2D eigenvalue weighted by atomic mass is 10.1. The lowest BCUT2D eigenvalue weighted by Crippen LogP contribution is -2.56. The molecule has 5 heterocycles. The van der Waals surface area contributed by atoms with Crippen LogP contribution in [0.3, 0.4) is 0 Å². The number of hydrogen-bond donors (Lipinski definition) is 2. The monoisotopic (exact) mass is 614 g/mol. The molecule has 1 aromatic carbocycles. The second-order valence-corrected chi connectivity index (χ2v) is 11.5. The maximum atomic E-state index is 12.1. The summed E-state index contributed by atoms with van der Waals surface area (Å²) in [4.78, 5) is 32.1. The van der Waals surface area contributed by atoms with E-state index in [1.807, 2.05) is 18.3 Å². The summed E-state index contributed by atoms with van der Waals surface area (Å²) in [5, 5.41) is 22.6. The standard InChI is InChI=1S/C32H38N8O5/c1-21(41)31(42)40-9-6-25(7-10-40)45-28-4-3-22(15-23(28)17-33)26-5-8-34-32(36-26)37-30-16-29(43-2)27(18-35-30)39-13-11-38(12-14-39)24-19-44-20-24/h3-5,8,15-16,18,21,24-25,41H,6-7,9-14,19-20H2,1-2H3,(H,34,35,36,37)/t21-/m0/s1. The molecule has 0 radical (unpaired) electrons. The van der Waals surface area contributed by atoms with Gasteiger partial charge in [0.1, 0.15) is 35.6 Å². The molecule has 1 amide bonds. The van der Waals surface area contributed by atoms with Gasteiger partial charge in [-0.1, -0.05) is 0 Å². The Morgan fingerprint density at radius 1 is 1.09 bits per heavy atom. The number of anilines is 3. The first-order chi connectivity index (χ1) is 21.9. The zero-order chi connectivity index (χ0) is 31.3. The Hall–Kier alpha value is -4.51. The highest BCUT2D eigenvalue weighted by Crippen LogP contribution is 2.32. The van der Waals surface area contributed by atoms with Crippen LogP contribution < -0.4 is 19.7 Å². The van der Waals surface area contributed by atoms with E-state index in [9.17, 15) is 15.2 Å². The summed E-state index contributed by atoms with van der Waals surface area (Å²) < 4.78 is 17.2. The molecule has 3 aliphatic heterocycles. The molecule has 13 heteroatoms. The van der Waals surface area contributed by atoms with Crippen molar-refractivity contribution >= 4 is 23.4 Å². The van der Waals surface area contributed by atoms with Gasteiger partial charge in [-0.25, -0.2) is 15.0 Å². The van der Waals surface area contributed by atoms with Crippen LogP contribution in [0, 0.1) is 11.3 Å². The first-order valence-electron chi connectivity index (χ1n) is 15.3. The Morgan fingerprint density at radius 2 is 1.87 bits per heavy atom. The topological polar surface area (TPSA) is 149 Å². The largest absolute Gasteiger partial charge is 0.494 e. The van der Waals surface area contributed by atoms with E-state index in [0.29, 0.717) is 60.7 Å². The molecule has 13 nitrogen and oxygen atoms in total. The number of ether oxygens (including phenoxy) is 3. The number of piperazine rings is 1. The molecular formula is C32H38N8O5. The molecule has 3 saturated heterocycles. The molecule has 3 fully saturated rings. The van der Waals surface area contributed by atoms with Gasteiger partial charge in [-0.2, -0.15) is 5.26 Å². The number of nitriles is 1. The normalized spacial score (nSPS) is 18.5. The molecule has 236 valence electrons. The van der Waals surface area contributed by atoms with Crippen molar-refractivity contribution in [2.24, 2.45) is 0 Å². The number of aliphatic hydroxyl groups is 1. The Bertz CT molecular complexity index is 1540. The third-order valence-electron chi connectivity index (χ3n) is 8.55. The van der Waals surface area contributed by atoms with Crippen LogP contribution in [0.4, 0.5) is 17.5 Å². The number of nitrogens with zero attached hydrogens (tertiary/aromatic N) is 7. The van der Waals surface area contributed by atoms with Gasteiger partial charge in [-0.05, 0) is 31.2 Å². The van der Waals surface area contributed by atoms with Gasteiger partial charge in [0.25, 0.3) is 5.91 Å². The van der Waals surface area contributed by atoms with Crippen LogP contribution in [0.2, 0.25) is 0 Å². The molecule has 0 aliphatic carbocycles. The highest BCUT2D eigenvalue weighted by atomic mass is 16.5. The predicted molar refractivity (Wildman–Crippen MR) is 167 cm³/mol. The summed E-state index contributed by atoms with van der Waals surface area (Å²) >= 11 is 0. The van der Waals surface area contributed by atoms with Crippen LogP contribution in [0.5, 0.6) is 11.5 Å². The predicted octanol–water partition coefficient (Wildman–Crippen LogP) is 2.43. The van der Waals surface area contributed by atoms with E-state index in [-0.39, 0.29) is 12.0 Å². The van der Waals surface area contributed by atoms with Gasteiger partial charge >= 0.3 is 0 Å². The highest BCUT2D eigenvalue weighted by molar-refractivity contribution is 5.80. The SMILES string of the molecule is COc1cc(Nc2nccc(-c3ccc(OC4CCN(C(=O)[C@H](C)O)CC4)c(C#N)c3)n2)ncc1N1CCN(C2COC2)CC1. The second-order valence-electron chi connectivity index (χ2n) is 11.5. The molecule has 45 heavy (non-hydrogen) atoms. The fourth-order valence-corrected chi connectivity index (χ4v) is 5.87. The van der Waals surface area contributed by atoms with E-state index in [1.54, 1.807) is 36.4 Å². The molecule has 3 aromatic rings. The van der Waals surface area contributed by atoms with Crippen molar-refractivity contribution in [1.82, 2.24) is 24.8 Å². The smallest absolute Gasteiger partial charge is 0.251 e. The fraction of sp³-hybridized carbons (Fsp3) is 0.469. The number of pyridine rings is 1. The van der Waals surface area contributed by atoms with Gasteiger partial charge < -0.3 is 34.4 Å². The van der Waals surface area contributed by atoms with Crippen molar-refractivity contribution in [2.45, 2.75) is 38.0 Å². The van der Waals surface area contributed by atoms with E-state index in [0.717, 1.165) is 56.4 Å². The summed E-state index contributed by atoms with van der Waals surface area (Å²) in [6.45, 7) is 7.87. The van der Waals surface area contributed by atoms with Gasteiger partial charge in [-0.15, -0.1) is 0 Å². The number of rotatable bonds is 9. The minimum atomic E-state index is -1.01. The molecule has 6 rings (SSSR count). The van der Waals surface area contributed by atoms with Crippen molar-refractivity contribution < 1.29 is 24.1 Å².